The van der Waals surface area contributed by atoms with E-state index in [4.69, 9.17) is 23.2 Å². The van der Waals surface area contributed by atoms with E-state index in [2.05, 4.69) is 0 Å². The Morgan fingerprint density at radius 3 is 2.58 bits per heavy atom. The number of amides is 2. The van der Waals surface area contributed by atoms with E-state index in [0.717, 1.165) is 22.9 Å². The van der Waals surface area contributed by atoms with Crippen molar-refractivity contribution in [3.8, 4) is 0 Å². The minimum absolute atomic E-state index is 0.267. The number of benzene rings is 2. The van der Waals surface area contributed by atoms with Crippen molar-refractivity contribution in [2.24, 2.45) is 0 Å². The molecule has 0 spiro atoms. The molecule has 0 saturated carbocycles. The maximum absolute atomic E-state index is 12.6. The molecule has 24 heavy (non-hydrogen) atoms. The second-order valence-corrected chi connectivity index (χ2v) is 7.20. The van der Waals surface area contributed by atoms with Crippen LogP contribution in [0.2, 0.25) is 10.0 Å². The van der Waals surface area contributed by atoms with Crippen molar-refractivity contribution >= 4 is 52.2 Å². The van der Waals surface area contributed by atoms with E-state index in [0.29, 0.717) is 20.5 Å². The summed E-state index contributed by atoms with van der Waals surface area (Å²) >= 11 is 12.9. The van der Waals surface area contributed by atoms with Gasteiger partial charge < -0.3 is 0 Å². The van der Waals surface area contributed by atoms with E-state index in [1.807, 2.05) is 31.2 Å². The number of aryl methyl sites for hydroxylation is 1. The first-order valence-electron chi connectivity index (χ1n) is 7.20. The number of carbonyl (C=O) groups excluding carboxylic acids is 2. The number of carbonyl (C=O) groups is 2. The molecule has 1 fully saturated rings. The molecular weight excluding hydrogens is 365 g/mol. The number of hydrogen-bond acceptors (Lipinski definition) is 3. The average molecular weight is 378 g/mol. The Labute approximate surface area is 154 Å². The average Bonchev–Trinajstić information content (AvgIpc) is 2.79. The molecule has 0 unspecified atom stereocenters. The van der Waals surface area contributed by atoms with Crippen molar-refractivity contribution < 1.29 is 9.59 Å². The molecule has 0 radical (unpaired) electrons. The molecule has 0 atom stereocenters. The largest absolute Gasteiger partial charge is 0.293 e. The van der Waals surface area contributed by atoms with Gasteiger partial charge in [0.15, 0.2) is 0 Å². The number of imide groups is 1. The van der Waals surface area contributed by atoms with Gasteiger partial charge in [0.05, 0.1) is 11.4 Å². The van der Waals surface area contributed by atoms with E-state index < -0.39 is 0 Å². The van der Waals surface area contributed by atoms with Gasteiger partial charge in [0.2, 0.25) is 0 Å². The van der Waals surface area contributed by atoms with Crippen LogP contribution in [0.4, 0.5) is 4.79 Å². The quantitative estimate of drug-likeness (QED) is 0.659. The van der Waals surface area contributed by atoms with E-state index in [9.17, 15) is 9.59 Å². The molecule has 3 rings (SSSR count). The first kappa shape index (κ1) is 17.1. The van der Waals surface area contributed by atoms with Crippen LogP contribution >= 0.6 is 35.0 Å². The van der Waals surface area contributed by atoms with Crippen LogP contribution < -0.4 is 0 Å². The Bertz CT molecular complexity index is 864. The standard InChI is InChI=1S/C18H13Cl2NO2S/c1-11-4-2-3-5-13(11)10-21-17(22)16(24-18(21)23)8-12-6-7-14(19)9-15(12)20/h2-9H,10H2,1H3/b16-8-. The maximum atomic E-state index is 12.6. The zero-order valence-electron chi connectivity index (χ0n) is 12.8. The van der Waals surface area contributed by atoms with Crippen LogP contribution in [0.5, 0.6) is 0 Å². The van der Waals surface area contributed by atoms with Gasteiger partial charge in [-0.15, -0.1) is 0 Å². The summed E-state index contributed by atoms with van der Waals surface area (Å²) < 4.78 is 0. The van der Waals surface area contributed by atoms with Gasteiger partial charge in [-0.05, 0) is 53.6 Å². The lowest BCUT2D eigenvalue weighted by Gasteiger charge is -2.14. The molecule has 0 bridgehead atoms. The van der Waals surface area contributed by atoms with Crippen LogP contribution in [0, 0.1) is 6.92 Å². The number of nitrogens with zero attached hydrogens (tertiary/aromatic N) is 1. The topological polar surface area (TPSA) is 37.4 Å². The van der Waals surface area contributed by atoms with Gasteiger partial charge in [0.25, 0.3) is 11.1 Å². The number of hydrogen-bond donors (Lipinski definition) is 0. The SMILES string of the molecule is Cc1ccccc1CN1C(=O)S/C(=C\c2ccc(Cl)cc2Cl)C1=O. The third kappa shape index (κ3) is 3.51. The van der Waals surface area contributed by atoms with Crippen LogP contribution in [0.1, 0.15) is 16.7 Å². The highest BCUT2D eigenvalue weighted by Crippen LogP contribution is 2.35. The smallest absolute Gasteiger partial charge is 0.268 e. The van der Waals surface area contributed by atoms with E-state index >= 15 is 0 Å². The lowest BCUT2D eigenvalue weighted by molar-refractivity contribution is -0.123. The maximum Gasteiger partial charge on any atom is 0.293 e. The molecule has 1 heterocycles. The summed E-state index contributed by atoms with van der Waals surface area (Å²) in [6, 6.07) is 12.7. The zero-order valence-corrected chi connectivity index (χ0v) is 15.1. The van der Waals surface area contributed by atoms with Gasteiger partial charge in [-0.25, -0.2) is 0 Å². The van der Waals surface area contributed by atoms with E-state index in [1.165, 1.54) is 4.90 Å². The minimum atomic E-state index is -0.306. The predicted molar refractivity (Wildman–Crippen MR) is 99.2 cm³/mol. The minimum Gasteiger partial charge on any atom is -0.268 e. The summed E-state index contributed by atoms with van der Waals surface area (Å²) in [7, 11) is 0. The van der Waals surface area contributed by atoms with Crippen LogP contribution in [-0.2, 0) is 11.3 Å². The molecule has 122 valence electrons. The first-order valence-corrected chi connectivity index (χ1v) is 8.78. The molecule has 0 aliphatic carbocycles. The molecule has 1 aliphatic rings. The molecule has 2 amide bonds. The summed E-state index contributed by atoms with van der Waals surface area (Å²) in [6.45, 7) is 2.22. The summed E-state index contributed by atoms with van der Waals surface area (Å²) in [4.78, 5) is 26.4. The molecule has 2 aromatic carbocycles. The zero-order chi connectivity index (χ0) is 17.3. The van der Waals surface area contributed by atoms with Gasteiger partial charge in [-0.2, -0.15) is 0 Å². The molecule has 2 aromatic rings. The molecular formula is C18H13Cl2NO2S. The molecule has 0 N–H and O–H groups in total. The third-order valence-electron chi connectivity index (χ3n) is 3.71. The first-order chi connectivity index (χ1) is 11.5. The van der Waals surface area contributed by atoms with Crippen molar-refractivity contribution in [1.29, 1.82) is 0 Å². The lowest BCUT2D eigenvalue weighted by Crippen LogP contribution is -2.27. The Morgan fingerprint density at radius 1 is 1.12 bits per heavy atom. The second kappa shape index (κ2) is 7.01. The van der Waals surface area contributed by atoms with Gasteiger partial charge in [-0.3, -0.25) is 14.5 Å². The van der Waals surface area contributed by atoms with Crippen molar-refractivity contribution in [2.45, 2.75) is 13.5 Å². The van der Waals surface area contributed by atoms with Crippen LogP contribution in [-0.4, -0.2) is 16.0 Å². The summed E-state index contributed by atoms with van der Waals surface area (Å²) in [6.07, 6.45) is 1.63. The van der Waals surface area contributed by atoms with Crippen molar-refractivity contribution in [1.82, 2.24) is 4.90 Å². The highest BCUT2D eigenvalue weighted by Gasteiger charge is 2.35. The fraction of sp³-hybridized carbons (Fsp3) is 0.111. The Hall–Kier alpha value is -1.75. The van der Waals surface area contributed by atoms with E-state index in [1.54, 1.807) is 24.3 Å². The van der Waals surface area contributed by atoms with Crippen molar-refractivity contribution in [3.63, 3.8) is 0 Å². The fourth-order valence-corrected chi connectivity index (χ4v) is 3.65. The van der Waals surface area contributed by atoms with Gasteiger partial charge in [0.1, 0.15) is 0 Å². The van der Waals surface area contributed by atoms with Crippen molar-refractivity contribution in [3.05, 3.63) is 74.1 Å². The molecule has 0 aromatic heterocycles. The van der Waals surface area contributed by atoms with Gasteiger partial charge in [-0.1, -0.05) is 53.5 Å². The molecule has 1 aliphatic heterocycles. The van der Waals surface area contributed by atoms with Crippen LogP contribution in [0.15, 0.2) is 47.4 Å². The van der Waals surface area contributed by atoms with Crippen LogP contribution in [0.25, 0.3) is 6.08 Å². The lowest BCUT2D eigenvalue weighted by atomic mass is 10.1. The molecule has 1 saturated heterocycles. The van der Waals surface area contributed by atoms with Gasteiger partial charge in [0, 0.05) is 10.0 Å². The third-order valence-corrected chi connectivity index (χ3v) is 5.18. The second-order valence-electron chi connectivity index (χ2n) is 5.36. The Balaban J connectivity index is 1.86. The van der Waals surface area contributed by atoms with E-state index in [-0.39, 0.29) is 17.7 Å². The predicted octanol–water partition coefficient (Wildman–Crippen LogP) is 5.54. The number of rotatable bonds is 3. The fourth-order valence-electron chi connectivity index (χ4n) is 2.35. The molecule has 3 nitrogen and oxygen atoms in total. The van der Waals surface area contributed by atoms with Crippen LogP contribution in [0.3, 0.4) is 0 Å². The highest BCUT2D eigenvalue weighted by atomic mass is 35.5. The summed E-state index contributed by atoms with van der Waals surface area (Å²) in [5.41, 5.74) is 2.65. The normalized spacial score (nSPS) is 16.3. The summed E-state index contributed by atoms with van der Waals surface area (Å²) in [5.74, 6) is -0.306. The highest BCUT2D eigenvalue weighted by molar-refractivity contribution is 8.18. The Morgan fingerprint density at radius 2 is 1.88 bits per heavy atom. The van der Waals surface area contributed by atoms with Gasteiger partial charge >= 0.3 is 0 Å². The Kier molecular flexibility index (Phi) is 4.99. The molecule has 6 heteroatoms. The monoisotopic (exact) mass is 377 g/mol. The number of thioether (sulfide) groups is 1. The summed E-state index contributed by atoms with van der Waals surface area (Å²) in [5, 5.41) is 0.678. The van der Waals surface area contributed by atoms with Crippen molar-refractivity contribution in [2.75, 3.05) is 0 Å². The number of halogens is 2.